The first kappa shape index (κ1) is 11.8. The summed E-state index contributed by atoms with van der Waals surface area (Å²) in [6.07, 6.45) is 0. The third-order valence-corrected chi connectivity index (χ3v) is 2.61. The van der Waals surface area contributed by atoms with Crippen LogP contribution >= 0.6 is 0 Å². The van der Waals surface area contributed by atoms with Crippen LogP contribution in [0.1, 0.15) is 20.8 Å². The van der Waals surface area contributed by atoms with Gasteiger partial charge in [-0.1, -0.05) is 0 Å². The van der Waals surface area contributed by atoms with E-state index in [1.54, 1.807) is 11.9 Å². The third kappa shape index (κ3) is 2.40. The maximum absolute atomic E-state index is 11.8. The van der Waals surface area contributed by atoms with Crippen molar-refractivity contribution in [2.45, 2.75) is 26.3 Å². The highest BCUT2D eigenvalue weighted by Crippen LogP contribution is 2.22. The molecule has 1 aliphatic rings. The van der Waals surface area contributed by atoms with Crippen LogP contribution in [0.15, 0.2) is 0 Å². The van der Waals surface area contributed by atoms with Crippen LogP contribution in [0.3, 0.4) is 0 Å². The molecule has 0 spiro atoms. The molecule has 1 N–H and O–H groups in total. The Balaban J connectivity index is 2.87. The first-order valence-electron chi connectivity index (χ1n) is 4.99. The molecule has 5 heteroatoms. The number of hydrogen-bond donors (Lipinski definition) is 1. The SMILES string of the molecule is CN1CC(C(=O)O)CN(C(C)(C)C)C1=O. The van der Waals surface area contributed by atoms with Gasteiger partial charge in [0, 0.05) is 25.7 Å². The van der Waals surface area contributed by atoms with Gasteiger partial charge in [-0.15, -0.1) is 0 Å². The lowest BCUT2D eigenvalue weighted by Crippen LogP contribution is -2.59. The van der Waals surface area contributed by atoms with Crippen LogP contribution in [0.25, 0.3) is 0 Å². The Morgan fingerprint density at radius 3 is 2.33 bits per heavy atom. The molecule has 5 nitrogen and oxygen atoms in total. The number of carbonyl (C=O) groups excluding carboxylic acids is 1. The second-order valence-corrected chi connectivity index (χ2v) is 4.98. The van der Waals surface area contributed by atoms with E-state index in [4.69, 9.17) is 5.11 Å². The summed E-state index contributed by atoms with van der Waals surface area (Å²) < 4.78 is 0. The Morgan fingerprint density at radius 2 is 1.93 bits per heavy atom. The van der Waals surface area contributed by atoms with E-state index in [-0.39, 0.29) is 11.6 Å². The van der Waals surface area contributed by atoms with Gasteiger partial charge in [-0.05, 0) is 20.8 Å². The molecule has 0 aromatic rings. The van der Waals surface area contributed by atoms with Crippen LogP contribution in [-0.4, -0.2) is 52.6 Å². The molecule has 0 bridgehead atoms. The molecule has 2 amide bonds. The maximum atomic E-state index is 11.8. The number of carboxylic acids is 1. The van der Waals surface area contributed by atoms with Crippen LogP contribution in [0.4, 0.5) is 4.79 Å². The molecule has 1 fully saturated rings. The van der Waals surface area contributed by atoms with Gasteiger partial charge in [-0.3, -0.25) is 4.79 Å². The minimum atomic E-state index is -0.844. The summed E-state index contributed by atoms with van der Waals surface area (Å²) in [5.74, 6) is -1.34. The summed E-state index contributed by atoms with van der Waals surface area (Å²) in [7, 11) is 1.64. The number of carboxylic acid groups (broad SMARTS) is 1. The highest BCUT2D eigenvalue weighted by Gasteiger charge is 2.38. The number of nitrogens with zero attached hydrogens (tertiary/aromatic N) is 2. The molecule has 1 heterocycles. The normalized spacial score (nSPS) is 23.2. The largest absolute Gasteiger partial charge is 0.481 e. The van der Waals surface area contributed by atoms with Crippen molar-refractivity contribution in [3.05, 3.63) is 0 Å². The lowest BCUT2D eigenvalue weighted by molar-refractivity contribution is -0.143. The predicted molar refractivity (Wildman–Crippen MR) is 55.6 cm³/mol. The highest BCUT2D eigenvalue weighted by molar-refractivity contribution is 5.79. The highest BCUT2D eigenvalue weighted by atomic mass is 16.4. The van der Waals surface area contributed by atoms with Crippen molar-refractivity contribution >= 4 is 12.0 Å². The fourth-order valence-electron chi connectivity index (χ4n) is 1.69. The molecular formula is C10H18N2O3. The van der Waals surface area contributed by atoms with Gasteiger partial charge < -0.3 is 14.9 Å². The van der Waals surface area contributed by atoms with Crippen molar-refractivity contribution < 1.29 is 14.7 Å². The lowest BCUT2D eigenvalue weighted by atomic mass is 10.00. The zero-order chi connectivity index (χ0) is 11.8. The lowest BCUT2D eigenvalue weighted by Gasteiger charge is -2.44. The van der Waals surface area contributed by atoms with Gasteiger partial charge in [-0.2, -0.15) is 0 Å². The van der Waals surface area contributed by atoms with Crippen molar-refractivity contribution in [2.24, 2.45) is 5.92 Å². The van der Waals surface area contributed by atoms with Crippen LogP contribution in [0, 0.1) is 5.92 Å². The number of carbonyl (C=O) groups is 2. The second kappa shape index (κ2) is 3.72. The smallest absolute Gasteiger partial charge is 0.320 e. The maximum Gasteiger partial charge on any atom is 0.320 e. The standard InChI is InChI=1S/C10H18N2O3/c1-10(2,3)12-6-7(8(13)14)5-11(4)9(12)15/h7H,5-6H2,1-4H3,(H,13,14). The van der Waals surface area contributed by atoms with E-state index >= 15 is 0 Å². The van der Waals surface area contributed by atoms with Gasteiger partial charge >= 0.3 is 12.0 Å². The Morgan fingerprint density at radius 1 is 1.40 bits per heavy atom. The molecule has 0 aliphatic carbocycles. The van der Waals surface area contributed by atoms with E-state index in [1.807, 2.05) is 20.8 Å². The topological polar surface area (TPSA) is 60.9 Å². The zero-order valence-electron chi connectivity index (χ0n) is 9.65. The Labute approximate surface area is 89.7 Å². The van der Waals surface area contributed by atoms with Crippen LogP contribution < -0.4 is 0 Å². The molecular weight excluding hydrogens is 196 g/mol. The van der Waals surface area contributed by atoms with E-state index < -0.39 is 11.9 Å². The number of urea groups is 1. The van der Waals surface area contributed by atoms with Crippen molar-refractivity contribution in [1.82, 2.24) is 9.80 Å². The van der Waals surface area contributed by atoms with Gasteiger partial charge in [0.05, 0.1) is 5.92 Å². The van der Waals surface area contributed by atoms with Crippen LogP contribution in [0.5, 0.6) is 0 Å². The average Bonchev–Trinajstić information content (AvgIpc) is 2.06. The summed E-state index contributed by atoms with van der Waals surface area (Å²) in [6, 6.07) is -0.0972. The minimum absolute atomic E-state index is 0.0972. The van der Waals surface area contributed by atoms with Crippen LogP contribution in [0.2, 0.25) is 0 Å². The Kier molecular flexibility index (Phi) is 2.93. The number of hydrogen-bond acceptors (Lipinski definition) is 2. The van der Waals surface area contributed by atoms with E-state index in [9.17, 15) is 9.59 Å². The molecule has 0 saturated carbocycles. The summed E-state index contributed by atoms with van der Waals surface area (Å²) in [5.41, 5.74) is -0.334. The second-order valence-electron chi connectivity index (χ2n) is 4.98. The quantitative estimate of drug-likeness (QED) is 0.704. The van der Waals surface area contributed by atoms with E-state index in [0.29, 0.717) is 13.1 Å². The molecule has 0 aromatic carbocycles. The van der Waals surface area contributed by atoms with Crippen molar-refractivity contribution in [3.63, 3.8) is 0 Å². The van der Waals surface area contributed by atoms with Gasteiger partial charge in [0.15, 0.2) is 0 Å². The van der Waals surface area contributed by atoms with Gasteiger partial charge in [-0.25, -0.2) is 4.79 Å². The predicted octanol–water partition coefficient (Wildman–Crippen LogP) is 0.853. The molecule has 15 heavy (non-hydrogen) atoms. The molecule has 86 valence electrons. The van der Waals surface area contributed by atoms with E-state index in [1.165, 1.54) is 4.90 Å². The fourth-order valence-corrected chi connectivity index (χ4v) is 1.69. The molecule has 1 atom stereocenters. The molecule has 1 rings (SSSR count). The van der Waals surface area contributed by atoms with Crippen molar-refractivity contribution in [1.29, 1.82) is 0 Å². The zero-order valence-corrected chi connectivity index (χ0v) is 9.65. The van der Waals surface area contributed by atoms with Crippen molar-refractivity contribution in [2.75, 3.05) is 20.1 Å². The van der Waals surface area contributed by atoms with Crippen LogP contribution in [-0.2, 0) is 4.79 Å². The number of aliphatic carboxylic acids is 1. The van der Waals surface area contributed by atoms with Gasteiger partial charge in [0.2, 0.25) is 0 Å². The van der Waals surface area contributed by atoms with Crippen molar-refractivity contribution in [3.8, 4) is 0 Å². The first-order chi connectivity index (χ1) is 6.73. The summed E-state index contributed by atoms with van der Waals surface area (Å²) >= 11 is 0. The Bertz CT molecular complexity index is 283. The summed E-state index contributed by atoms with van der Waals surface area (Å²) in [5, 5.41) is 8.96. The molecule has 0 aromatic heterocycles. The van der Waals surface area contributed by atoms with Gasteiger partial charge in [0.25, 0.3) is 0 Å². The molecule has 1 unspecified atom stereocenters. The number of amides is 2. The molecule has 0 radical (unpaired) electrons. The average molecular weight is 214 g/mol. The first-order valence-corrected chi connectivity index (χ1v) is 4.99. The fraction of sp³-hybridized carbons (Fsp3) is 0.800. The third-order valence-electron chi connectivity index (χ3n) is 2.61. The summed E-state index contributed by atoms with van der Waals surface area (Å²) in [4.78, 5) is 25.8. The van der Waals surface area contributed by atoms with E-state index in [0.717, 1.165) is 0 Å². The monoisotopic (exact) mass is 214 g/mol. The minimum Gasteiger partial charge on any atom is -0.481 e. The van der Waals surface area contributed by atoms with E-state index in [2.05, 4.69) is 0 Å². The number of rotatable bonds is 1. The molecule has 1 saturated heterocycles. The van der Waals surface area contributed by atoms with Gasteiger partial charge in [0.1, 0.15) is 0 Å². The molecule has 1 aliphatic heterocycles. The summed E-state index contributed by atoms with van der Waals surface area (Å²) in [6.45, 7) is 6.30. The Hall–Kier alpha value is -1.26.